The van der Waals surface area contributed by atoms with Crippen molar-refractivity contribution < 1.29 is 13.2 Å². The second kappa shape index (κ2) is 10.7. The Morgan fingerprint density at radius 3 is 2.09 bits per heavy atom. The number of aryl methyl sites for hydroxylation is 1. The topological polar surface area (TPSA) is 66.5 Å². The van der Waals surface area contributed by atoms with Crippen LogP contribution in [0.5, 0.6) is 0 Å². The lowest BCUT2D eigenvalue weighted by molar-refractivity contribution is -0.115. The summed E-state index contributed by atoms with van der Waals surface area (Å²) in [4.78, 5) is 12.6. The largest absolute Gasteiger partial charge is 0.326 e. The molecule has 32 heavy (non-hydrogen) atoms. The van der Waals surface area contributed by atoms with Crippen LogP contribution < -0.4 is 9.62 Å². The molecule has 0 unspecified atom stereocenters. The number of carbonyl (C=O) groups excluding carboxylic acids is 1. The summed E-state index contributed by atoms with van der Waals surface area (Å²) in [7, 11) is -2.20. The molecule has 0 heterocycles. The lowest BCUT2D eigenvalue weighted by Crippen LogP contribution is -2.26. The normalized spacial score (nSPS) is 11.2. The monoisotopic (exact) mass is 470 g/mol. The van der Waals surface area contributed by atoms with E-state index in [4.69, 9.17) is 11.6 Å². The Bertz CT molecular complexity index is 1140. The van der Waals surface area contributed by atoms with Crippen LogP contribution in [-0.4, -0.2) is 21.4 Å². The molecule has 0 aliphatic rings. The molecular formula is C25H27ClN2O3S. The van der Waals surface area contributed by atoms with Gasteiger partial charge in [0, 0.05) is 17.8 Å². The number of nitrogens with zero attached hydrogens (tertiary/aromatic N) is 1. The number of carbonyl (C=O) groups is 1. The van der Waals surface area contributed by atoms with Crippen molar-refractivity contribution in [3.63, 3.8) is 0 Å². The van der Waals surface area contributed by atoms with Crippen LogP contribution >= 0.6 is 11.6 Å². The molecule has 7 heteroatoms. The molecule has 3 aromatic carbocycles. The first-order chi connectivity index (χ1) is 15.3. The highest BCUT2D eigenvalue weighted by atomic mass is 35.5. The lowest BCUT2D eigenvalue weighted by Gasteiger charge is -2.20. The van der Waals surface area contributed by atoms with Crippen LogP contribution in [0.15, 0.2) is 77.7 Å². The smallest absolute Gasteiger partial charge is 0.264 e. The average Bonchev–Trinajstić information content (AvgIpc) is 2.79. The van der Waals surface area contributed by atoms with Gasteiger partial charge in [0.2, 0.25) is 5.91 Å². The molecule has 3 rings (SSSR count). The second-order valence-corrected chi connectivity index (χ2v) is 10.0. The number of sulfonamides is 1. The van der Waals surface area contributed by atoms with Crippen LogP contribution in [0, 0.1) is 0 Å². The number of hydrogen-bond acceptors (Lipinski definition) is 3. The van der Waals surface area contributed by atoms with Crippen LogP contribution in [0.3, 0.4) is 0 Å². The van der Waals surface area contributed by atoms with Gasteiger partial charge in [0.15, 0.2) is 0 Å². The van der Waals surface area contributed by atoms with Crippen molar-refractivity contribution in [2.45, 2.75) is 37.5 Å². The van der Waals surface area contributed by atoms with E-state index in [-0.39, 0.29) is 17.2 Å². The number of halogens is 1. The van der Waals surface area contributed by atoms with Crippen LogP contribution in [0.25, 0.3) is 0 Å². The first kappa shape index (κ1) is 23.8. The molecule has 0 atom stereocenters. The molecule has 1 amide bonds. The van der Waals surface area contributed by atoms with Crippen LogP contribution in [0.2, 0.25) is 5.02 Å². The van der Waals surface area contributed by atoms with Gasteiger partial charge in [-0.3, -0.25) is 9.10 Å². The number of anilines is 2. The van der Waals surface area contributed by atoms with E-state index >= 15 is 0 Å². The summed E-state index contributed by atoms with van der Waals surface area (Å²) in [6.45, 7) is 2.16. The fraction of sp³-hybridized carbons (Fsp3) is 0.240. The predicted molar refractivity (Wildman–Crippen MR) is 131 cm³/mol. The Balaban J connectivity index is 1.61. The fourth-order valence-electron chi connectivity index (χ4n) is 3.25. The number of nitrogens with one attached hydrogen (secondary N) is 1. The van der Waals surface area contributed by atoms with Crippen molar-refractivity contribution in [1.82, 2.24) is 0 Å². The van der Waals surface area contributed by atoms with Gasteiger partial charge in [-0.05, 0) is 72.5 Å². The van der Waals surface area contributed by atoms with Gasteiger partial charge in [-0.1, -0.05) is 49.2 Å². The molecule has 0 saturated heterocycles. The first-order valence-electron chi connectivity index (χ1n) is 10.5. The lowest BCUT2D eigenvalue weighted by atomic mass is 10.1. The highest BCUT2D eigenvalue weighted by Crippen LogP contribution is 2.24. The zero-order valence-corrected chi connectivity index (χ0v) is 19.8. The second-order valence-electron chi connectivity index (χ2n) is 7.62. The maximum atomic E-state index is 12.8. The standard InChI is InChI=1S/C25H27ClN2O3S/c1-3-4-5-19-6-12-22(13-7-19)27-25(29)18-20-8-14-23(15-9-20)28(2)32(30,31)24-16-10-21(26)11-17-24/h6-17H,3-5,18H2,1-2H3,(H,27,29). The van der Waals surface area contributed by atoms with Crippen LogP contribution in [-0.2, 0) is 27.7 Å². The Morgan fingerprint density at radius 2 is 1.50 bits per heavy atom. The van der Waals surface area contributed by atoms with E-state index in [1.54, 1.807) is 36.4 Å². The SMILES string of the molecule is CCCCc1ccc(NC(=O)Cc2ccc(N(C)S(=O)(=O)c3ccc(Cl)cc3)cc2)cc1. The van der Waals surface area contributed by atoms with Crippen molar-refractivity contribution in [2.75, 3.05) is 16.7 Å². The molecule has 3 aromatic rings. The van der Waals surface area contributed by atoms with E-state index in [1.807, 2.05) is 24.3 Å². The third-order valence-electron chi connectivity index (χ3n) is 5.19. The molecule has 0 aliphatic carbocycles. The van der Waals surface area contributed by atoms with Crippen molar-refractivity contribution in [3.05, 3.63) is 88.9 Å². The van der Waals surface area contributed by atoms with Gasteiger partial charge in [0.05, 0.1) is 17.0 Å². The maximum absolute atomic E-state index is 12.8. The molecule has 0 aliphatic heterocycles. The van der Waals surface area contributed by atoms with Gasteiger partial charge < -0.3 is 5.32 Å². The minimum atomic E-state index is -3.70. The number of amides is 1. The maximum Gasteiger partial charge on any atom is 0.264 e. The highest BCUT2D eigenvalue weighted by Gasteiger charge is 2.21. The third-order valence-corrected chi connectivity index (χ3v) is 7.25. The summed E-state index contributed by atoms with van der Waals surface area (Å²) in [6.07, 6.45) is 3.54. The number of rotatable bonds is 9. The molecule has 0 spiro atoms. The summed E-state index contributed by atoms with van der Waals surface area (Å²) >= 11 is 5.85. The summed E-state index contributed by atoms with van der Waals surface area (Å²) in [5, 5.41) is 3.38. The third kappa shape index (κ3) is 6.11. The van der Waals surface area contributed by atoms with Crippen molar-refractivity contribution in [3.8, 4) is 0 Å². The number of benzene rings is 3. The molecule has 5 nitrogen and oxygen atoms in total. The minimum Gasteiger partial charge on any atom is -0.326 e. The Morgan fingerprint density at radius 1 is 0.906 bits per heavy atom. The van der Waals surface area contributed by atoms with E-state index in [0.717, 1.165) is 30.5 Å². The molecule has 0 fully saturated rings. The van der Waals surface area contributed by atoms with Crippen molar-refractivity contribution >= 4 is 38.9 Å². The number of unbranched alkanes of at least 4 members (excludes halogenated alkanes) is 1. The van der Waals surface area contributed by atoms with Crippen molar-refractivity contribution in [1.29, 1.82) is 0 Å². The van der Waals surface area contributed by atoms with E-state index in [2.05, 4.69) is 12.2 Å². The Kier molecular flexibility index (Phi) is 7.94. The molecule has 0 radical (unpaired) electrons. The van der Waals surface area contributed by atoms with Crippen molar-refractivity contribution in [2.24, 2.45) is 0 Å². The number of hydrogen-bond donors (Lipinski definition) is 1. The molecule has 168 valence electrons. The van der Waals surface area contributed by atoms with Gasteiger partial charge in [0.25, 0.3) is 10.0 Å². The summed E-state index contributed by atoms with van der Waals surface area (Å²) < 4.78 is 26.8. The zero-order chi connectivity index (χ0) is 23.1. The molecule has 0 aromatic heterocycles. The molecule has 0 bridgehead atoms. The predicted octanol–water partition coefficient (Wildman–Crippen LogP) is 5.69. The first-order valence-corrected chi connectivity index (χ1v) is 12.3. The summed E-state index contributed by atoms with van der Waals surface area (Å²) in [5.41, 5.74) is 3.33. The van der Waals surface area contributed by atoms with Gasteiger partial charge in [-0.15, -0.1) is 0 Å². The van der Waals surface area contributed by atoms with E-state index in [9.17, 15) is 13.2 Å². The highest BCUT2D eigenvalue weighted by molar-refractivity contribution is 7.92. The average molecular weight is 471 g/mol. The molecule has 0 saturated carbocycles. The summed E-state index contributed by atoms with van der Waals surface area (Å²) in [5.74, 6) is -0.124. The van der Waals surface area contributed by atoms with Crippen LogP contribution in [0.1, 0.15) is 30.9 Å². The van der Waals surface area contributed by atoms with Gasteiger partial charge in [0.1, 0.15) is 0 Å². The van der Waals surface area contributed by atoms with E-state index < -0.39 is 10.0 Å². The van der Waals surface area contributed by atoms with Gasteiger partial charge in [-0.2, -0.15) is 0 Å². The minimum absolute atomic E-state index is 0.124. The Hall–Kier alpha value is -2.83. The Labute approximate surface area is 195 Å². The van der Waals surface area contributed by atoms with Gasteiger partial charge >= 0.3 is 0 Å². The fourth-order valence-corrected chi connectivity index (χ4v) is 4.57. The molecule has 1 N–H and O–H groups in total. The van der Waals surface area contributed by atoms with Gasteiger partial charge in [-0.25, -0.2) is 8.42 Å². The van der Waals surface area contributed by atoms with E-state index in [1.165, 1.54) is 29.0 Å². The quantitative estimate of drug-likeness (QED) is 0.437. The molecular weight excluding hydrogens is 444 g/mol. The summed E-state index contributed by atoms with van der Waals surface area (Å²) in [6, 6.07) is 20.9. The zero-order valence-electron chi connectivity index (χ0n) is 18.2. The van der Waals surface area contributed by atoms with Crippen LogP contribution in [0.4, 0.5) is 11.4 Å². The van der Waals surface area contributed by atoms with E-state index in [0.29, 0.717) is 10.7 Å².